The highest BCUT2D eigenvalue weighted by atomic mass is 32.2. The summed E-state index contributed by atoms with van der Waals surface area (Å²) in [5.41, 5.74) is 0. The smallest absolute Gasteiger partial charge is 0.250 e. The lowest BCUT2D eigenvalue weighted by Gasteiger charge is -2.51. The molecule has 0 radical (unpaired) electrons. The van der Waals surface area contributed by atoms with Crippen molar-refractivity contribution in [2.24, 2.45) is 11.8 Å². The first-order valence-electron chi connectivity index (χ1n) is 10.1. The maximum absolute atomic E-state index is 12.4. The minimum Gasteiger partial charge on any atom is -0.383 e. The lowest BCUT2D eigenvalue weighted by Crippen LogP contribution is -2.58. The molecule has 5 rings (SSSR count). The third kappa shape index (κ3) is 4.41. The van der Waals surface area contributed by atoms with E-state index in [4.69, 9.17) is 4.74 Å². The van der Waals surface area contributed by atoms with Crippen molar-refractivity contribution in [2.75, 3.05) is 46.4 Å². The van der Waals surface area contributed by atoms with E-state index < -0.39 is 10.0 Å². The zero-order valence-electron chi connectivity index (χ0n) is 16.0. The molecule has 1 aromatic rings. The van der Waals surface area contributed by atoms with Crippen molar-refractivity contribution < 1.29 is 13.2 Å². The van der Waals surface area contributed by atoms with Crippen molar-refractivity contribution in [3.63, 3.8) is 0 Å². The fourth-order valence-electron chi connectivity index (χ4n) is 5.18. The van der Waals surface area contributed by atoms with Crippen molar-refractivity contribution in [2.45, 2.75) is 42.0 Å². The molecule has 0 aromatic carbocycles. The van der Waals surface area contributed by atoms with Gasteiger partial charge in [0, 0.05) is 38.8 Å². The van der Waals surface area contributed by atoms with Gasteiger partial charge in [0.1, 0.15) is 4.21 Å². The maximum atomic E-state index is 12.4. The molecule has 5 heterocycles. The zero-order chi connectivity index (χ0) is 18.9. The van der Waals surface area contributed by atoms with Crippen molar-refractivity contribution >= 4 is 21.4 Å². The van der Waals surface area contributed by atoms with Gasteiger partial charge in [0.15, 0.2) is 0 Å². The highest BCUT2D eigenvalue weighted by Gasteiger charge is 2.41. The highest BCUT2D eigenvalue weighted by molar-refractivity contribution is 7.91. The summed E-state index contributed by atoms with van der Waals surface area (Å²) in [6.45, 7) is 5.94. The Morgan fingerprint density at radius 3 is 2.89 bits per heavy atom. The molecule has 8 heteroatoms. The van der Waals surface area contributed by atoms with Gasteiger partial charge in [0.2, 0.25) is 10.0 Å². The Morgan fingerprint density at radius 2 is 2.19 bits per heavy atom. The SMILES string of the molecule is COC[C@H]1CCCN1C[C@H]1CN2CC[C@H]1C[C@@H]2CNS(=O)(=O)c1cccs1. The molecular weight excluding hydrogens is 382 g/mol. The van der Waals surface area contributed by atoms with Crippen LogP contribution >= 0.6 is 11.3 Å². The van der Waals surface area contributed by atoms with E-state index in [9.17, 15) is 8.42 Å². The topological polar surface area (TPSA) is 61.9 Å². The Morgan fingerprint density at radius 1 is 1.30 bits per heavy atom. The Bertz CT molecular complexity index is 710. The molecule has 4 saturated heterocycles. The molecule has 5 atom stereocenters. The Balaban J connectivity index is 1.31. The minimum atomic E-state index is -3.36. The van der Waals surface area contributed by atoms with Gasteiger partial charge < -0.3 is 4.74 Å². The standard InChI is InChI=1S/C19H31N3O3S2/c1-25-14-17-4-2-7-21(17)12-16-13-22-8-6-15(16)10-18(22)11-20-27(23,24)19-5-3-9-26-19/h3,5,9,15-18,20H,2,4,6-8,10-14H2,1H3/t15-,16-,17+,18+/m0/s1. The van der Waals surface area contributed by atoms with Crippen LogP contribution in [0.4, 0.5) is 0 Å². The van der Waals surface area contributed by atoms with Crippen LogP contribution in [0.1, 0.15) is 25.7 Å². The van der Waals surface area contributed by atoms with Crippen LogP contribution in [0.15, 0.2) is 21.7 Å². The maximum Gasteiger partial charge on any atom is 0.250 e. The fraction of sp³-hybridized carbons (Fsp3) is 0.789. The van der Waals surface area contributed by atoms with Crippen LogP contribution in [0.3, 0.4) is 0 Å². The second-order valence-corrected chi connectivity index (χ2v) is 11.2. The summed E-state index contributed by atoms with van der Waals surface area (Å²) in [6, 6.07) is 4.37. The lowest BCUT2D eigenvalue weighted by molar-refractivity contribution is -0.0156. The average Bonchev–Trinajstić information content (AvgIpc) is 3.34. The molecule has 152 valence electrons. The quantitative estimate of drug-likeness (QED) is 0.705. The molecule has 1 aromatic heterocycles. The van der Waals surface area contributed by atoms with E-state index in [1.807, 2.05) is 0 Å². The van der Waals surface area contributed by atoms with E-state index >= 15 is 0 Å². The van der Waals surface area contributed by atoms with Gasteiger partial charge in [-0.2, -0.15) is 0 Å². The van der Waals surface area contributed by atoms with E-state index in [0.717, 1.165) is 32.0 Å². The van der Waals surface area contributed by atoms with Gasteiger partial charge in [-0.05, 0) is 62.1 Å². The number of piperidine rings is 3. The fourth-order valence-corrected chi connectivity index (χ4v) is 7.29. The van der Waals surface area contributed by atoms with E-state index in [2.05, 4.69) is 14.5 Å². The summed E-state index contributed by atoms with van der Waals surface area (Å²) in [4.78, 5) is 5.15. The van der Waals surface area contributed by atoms with Gasteiger partial charge in [-0.25, -0.2) is 13.1 Å². The molecule has 1 unspecified atom stereocenters. The summed E-state index contributed by atoms with van der Waals surface area (Å²) >= 11 is 1.27. The second-order valence-electron chi connectivity index (χ2n) is 8.22. The van der Waals surface area contributed by atoms with Gasteiger partial charge in [-0.3, -0.25) is 9.80 Å². The number of rotatable bonds is 8. The van der Waals surface area contributed by atoms with Crippen molar-refractivity contribution in [3.05, 3.63) is 17.5 Å². The molecule has 4 aliphatic heterocycles. The Kier molecular flexibility index (Phi) is 6.21. The highest BCUT2D eigenvalue weighted by Crippen LogP contribution is 2.37. The number of methoxy groups -OCH3 is 1. The predicted octanol–water partition coefficient (Wildman–Crippen LogP) is 1.85. The number of likely N-dealkylation sites (tertiary alicyclic amines) is 1. The van der Waals surface area contributed by atoms with Crippen LogP contribution in [0.2, 0.25) is 0 Å². The third-order valence-electron chi connectivity index (χ3n) is 6.61. The molecule has 2 bridgehead atoms. The number of hydrogen-bond donors (Lipinski definition) is 1. The second kappa shape index (κ2) is 8.47. The predicted molar refractivity (Wildman–Crippen MR) is 108 cm³/mol. The minimum absolute atomic E-state index is 0.336. The number of fused-ring (bicyclic) bond motifs is 3. The van der Waals surface area contributed by atoms with Gasteiger partial charge in [0.25, 0.3) is 0 Å². The van der Waals surface area contributed by atoms with Crippen LogP contribution in [0.25, 0.3) is 0 Å². The molecule has 27 heavy (non-hydrogen) atoms. The lowest BCUT2D eigenvalue weighted by atomic mass is 9.75. The van der Waals surface area contributed by atoms with Gasteiger partial charge in [-0.1, -0.05) is 6.07 Å². The van der Waals surface area contributed by atoms with E-state index in [-0.39, 0.29) is 0 Å². The first-order chi connectivity index (χ1) is 13.1. The van der Waals surface area contributed by atoms with Crippen molar-refractivity contribution in [1.29, 1.82) is 0 Å². The van der Waals surface area contributed by atoms with Gasteiger partial charge in [0.05, 0.1) is 6.61 Å². The number of nitrogens with zero attached hydrogens (tertiary/aromatic N) is 2. The molecule has 4 aliphatic rings. The first kappa shape index (κ1) is 19.8. The van der Waals surface area contributed by atoms with Crippen LogP contribution in [0, 0.1) is 11.8 Å². The van der Waals surface area contributed by atoms with Gasteiger partial charge in [-0.15, -0.1) is 11.3 Å². The Hall–Kier alpha value is -0.510. The summed E-state index contributed by atoms with van der Waals surface area (Å²) in [7, 11) is -1.56. The summed E-state index contributed by atoms with van der Waals surface area (Å²) in [5.74, 6) is 1.43. The van der Waals surface area contributed by atoms with Crippen LogP contribution in [-0.4, -0.2) is 76.7 Å². The zero-order valence-corrected chi connectivity index (χ0v) is 17.7. The number of nitrogens with one attached hydrogen (secondary N) is 1. The molecule has 0 spiro atoms. The van der Waals surface area contributed by atoms with Crippen molar-refractivity contribution in [1.82, 2.24) is 14.5 Å². The monoisotopic (exact) mass is 413 g/mol. The number of ether oxygens (including phenoxy) is 1. The first-order valence-corrected chi connectivity index (χ1v) is 12.4. The van der Waals surface area contributed by atoms with Crippen molar-refractivity contribution in [3.8, 4) is 0 Å². The average molecular weight is 414 g/mol. The van der Waals surface area contributed by atoms with Crippen LogP contribution in [0.5, 0.6) is 0 Å². The summed E-state index contributed by atoms with van der Waals surface area (Å²) in [5, 5.41) is 1.81. The van der Waals surface area contributed by atoms with Gasteiger partial charge >= 0.3 is 0 Å². The summed E-state index contributed by atoms with van der Waals surface area (Å²) in [6.07, 6.45) is 4.90. The van der Waals surface area contributed by atoms with E-state index in [1.165, 1.54) is 43.7 Å². The molecule has 0 aliphatic carbocycles. The summed E-state index contributed by atoms with van der Waals surface area (Å²) < 4.78 is 33.4. The van der Waals surface area contributed by atoms with Crippen LogP contribution < -0.4 is 4.72 Å². The van der Waals surface area contributed by atoms with Crippen LogP contribution in [-0.2, 0) is 14.8 Å². The largest absolute Gasteiger partial charge is 0.383 e. The molecule has 1 N–H and O–H groups in total. The number of hydrogen-bond acceptors (Lipinski definition) is 6. The van der Waals surface area contributed by atoms with E-state index in [1.54, 1.807) is 24.6 Å². The molecular formula is C19H31N3O3S2. The third-order valence-corrected chi connectivity index (χ3v) is 9.43. The Labute approximate surface area is 166 Å². The molecule has 6 nitrogen and oxygen atoms in total. The van der Waals surface area contributed by atoms with E-state index in [0.29, 0.717) is 28.8 Å². The number of sulfonamides is 1. The number of thiophene rings is 1. The molecule has 0 amide bonds. The molecule has 0 saturated carbocycles. The normalized spacial score (nSPS) is 34.3. The molecule has 4 fully saturated rings.